The number of hydrogen-bond donors (Lipinski definition) is 2. The summed E-state index contributed by atoms with van der Waals surface area (Å²) in [5.74, 6) is 2.44. The van der Waals surface area contributed by atoms with Crippen molar-refractivity contribution in [3.05, 3.63) is 11.6 Å². The van der Waals surface area contributed by atoms with Gasteiger partial charge in [0.25, 0.3) is 0 Å². The number of aliphatic hydroxyl groups is 1. The molecule has 3 fully saturated rings. The number of rotatable bonds is 1. The molecule has 4 aliphatic rings. The van der Waals surface area contributed by atoms with Crippen molar-refractivity contribution in [3.8, 4) is 0 Å². The smallest absolute Gasteiger partial charge is 0.0577 e. The first-order valence-electron chi connectivity index (χ1n) is 9.60. The molecular weight excluding hydrogens is 284 g/mol. The van der Waals surface area contributed by atoms with Gasteiger partial charge in [-0.3, -0.25) is 0 Å². The molecule has 128 valence electrons. The predicted molar refractivity (Wildman–Crippen MR) is 94.2 cm³/mol. The lowest BCUT2D eigenvalue weighted by atomic mass is 9.48. The normalized spacial score (nSPS) is 50.8. The molecule has 4 aliphatic carbocycles. The number of nitrogens with zero attached hydrogens (tertiary/aromatic N) is 1. The Hall–Kier alpha value is -0.830. The highest BCUT2D eigenvalue weighted by Crippen LogP contribution is 2.64. The highest BCUT2D eigenvalue weighted by Gasteiger charge is 2.57. The summed E-state index contributed by atoms with van der Waals surface area (Å²) in [6, 6.07) is 0. The fourth-order valence-corrected chi connectivity index (χ4v) is 6.75. The maximum absolute atomic E-state index is 10.1. The molecule has 6 atom stereocenters. The zero-order valence-electron chi connectivity index (χ0n) is 14.9. The number of aliphatic hydroxyl groups excluding tert-OH is 1. The molecule has 3 nitrogen and oxygen atoms in total. The molecule has 0 spiro atoms. The monoisotopic (exact) mass is 316 g/mol. The van der Waals surface area contributed by atoms with Crippen molar-refractivity contribution in [3.63, 3.8) is 0 Å². The molecule has 0 radical (unpaired) electrons. The van der Waals surface area contributed by atoms with Crippen LogP contribution in [-0.4, -0.2) is 24.0 Å². The van der Waals surface area contributed by atoms with Crippen LogP contribution in [0.1, 0.15) is 65.2 Å². The molecule has 0 aliphatic heterocycles. The second-order valence-corrected chi connectivity index (χ2v) is 8.93. The van der Waals surface area contributed by atoms with Crippen molar-refractivity contribution in [2.45, 2.75) is 71.3 Å². The van der Waals surface area contributed by atoms with Gasteiger partial charge in [-0.1, -0.05) is 25.5 Å². The van der Waals surface area contributed by atoms with E-state index in [0.717, 1.165) is 30.6 Å². The number of hydrazone groups is 1. The molecule has 3 heteroatoms. The highest BCUT2D eigenvalue weighted by molar-refractivity contribution is 5.92. The van der Waals surface area contributed by atoms with Gasteiger partial charge in [-0.25, -0.2) is 0 Å². The number of fused-ring (bicyclic) bond motifs is 5. The average molecular weight is 316 g/mol. The molecule has 0 aromatic rings. The third-order valence-corrected chi connectivity index (χ3v) is 8.07. The number of allylic oxidation sites excluding steroid dienone is 1. The first kappa shape index (κ1) is 15.7. The molecule has 0 heterocycles. The molecule has 6 unspecified atom stereocenters. The van der Waals surface area contributed by atoms with Crippen LogP contribution >= 0.6 is 0 Å². The van der Waals surface area contributed by atoms with Gasteiger partial charge in [-0.2, -0.15) is 5.10 Å². The van der Waals surface area contributed by atoms with Crippen molar-refractivity contribution in [2.75, 3.05) is 7.05 Å². The molecule has 23 heavy (non-hydrogen) atoms. The van der Waals surface area contributed by atoms with Crippen molar-refractivity contribution < 1.29 is 5.11 Å². The Morgan fingerprint density at radius 3 is 2.65 bits per heavy atom. The lowest BCUT2D eigenvalue weighted by Crippen LogP contribution is -2.50. The lowest BCUT2D eigenvalue weighted by molar-refractivity contribution is -0.0209. The summed E-state index contributed by atoms with van der Waals surface area (Å²) in [7, 11) is 1.93. The molecule has 0 aromatic carbocycles. The summed E-state index contributed by atoms with van der Waals surface area (Å²) in [6.07, 6.45) is 11.9. The molecular formula is C20H32N2O. The van der Waals surface area contributed by atoms with E-state index in [-0.39, 0.29) is 6.10 Å². The Morgan fingerprint density at radius 2 is 1.87 bits per heavy atom. The molecule has 2 N–H and O–H groups in total. The average Bonchev–Trinajstić information content (AvgIpc) is 2.85. The van der Waals surface area contributed by atoms with Gasteiger partial charge in [-0.05, 0) is 74.5 Å². The fraction of sp³-hybridized carbons (Fsp3) is 0.850. The molecule has 4 rings (SSSR count). The van der Waals surface area contributed by atoms with E-state index in [0.29, 0.717) is 10.8 Å². The lowest BCUT2D eigenvalue weighted by Gasteiger charge is -2.57. The summed E-state index contributed by atoms with van der Waals surface area (Å²) in [5.41, 5.74) is 6.71. The zero-order chi connectivity index (χ0) is 16.2. The van der Waals surface area contributed by atoms with Crippen molar-refractivity contribution in [1.29, 1.82) is 0 Å². The van der Waals surface area contributed by atoms with Crippen LogP contribution in [-0.2, 0) is 0 Å². The maximum Gasteiger partial charge on any atom is 0.0577 e. The minimum Gasteiger partial charge on any atom is -0.393 e. The van der Waals surface area contributed by atoms with Crippen LogP contribution in [0.25, 0.3) is 0 Å². The standard InChI is InChI=1S/C20H32N2O/c1-19-10-8-14(23)12-13(19)4-5-15-16-6-7-18(22-21-3)20(16,2)11-9-17(15)19/h4,14-17,21,23H,5-12H2,1-3H3/b22-18+. The Balaban J connectivity index is 1.66. The van der Waals surface area contributed by atoms with Gasteiger partial charge in [0, 0.05) is 18.2 Å². The largest absolute Gasteiger partial charge is 0.393 e. The van der Waals surface area contributed by atoms with Gasteiger partial charge >= 0.3 is 0 Å². The van der Waals surface area contributed by atoms with Crippen molar-refractivity contribution >= 4 is 5.71 Å². The maximum atomic E-state index is 10.1. The van der Waals surface area contributed by atoms with E-state index < -0.39 is 0 Å². The minimum atomic E-state index is -0.0967. The Kier molecular flexibility index (Phi) is 3.64. The Bertz CT molecular complexity index is 554. The van der Waals surface area contributed by atoms with E-state index in [2.05, 4.69) is 30.5 Å². The van der Waals surface area contributed by atoms with Gasteiger partial charge in [0.2, 0.25) is 0 Å². The SMILES string of the molecule is CN/N=C1\CCC2C3CC=C4CC(O)CCC4(C)C3CCC12C. The van der Waals surface area contributed by atoms with E-state index in [9.17, 15) is 5.11 Å². The summed E-state index contributed by atoms with van der Waals surface area (Å²) in [4.78, 5) is 0. The van der Waals surface area contributed by atoms with Crippen LogP contribution < -0.4 is 5.43 Å². The van der Waals surface area contributed by atoms with E-state index in [4.69, 9.17) is 0 Å². The highest BCUT2D eigenvalue weighted by atomic mass is 16.3. The van der Waals surface area contributed by atoms with E-state index >= 15 is 0 Å². The first-order chi connectivity index (χ1) is 11.0. The van der Waals surface area contributed by atoms with Gasteiger partial charge in [-0.15, -0.1) is 0 Å². The number of hydrogen-bond acceptors (Lipinski definition) is 3. The van der Waals surface area contributed by atoms with Crippen molar-refractivity contribution in [2.24, 2.45) is 33.7 Å². The Morgan fingerprint density at radius 1 is 1.13 bits per heavy atom. The molecule has 0 amide bonds. The van der Waals surface area contributed by atoms with E-state index in [1.54, 1.807) is 5.57 Å². The van der Waals surface area contributed by atoms with Gasteiger partial charge in [0.15, 0.2) is 0 Å². The van der Waals surface area contributed by atoms with E-state index in [1.807, 2.05) is 7.05 Å². The molecule has 0 saturated heterocycles. The number of nitrogens with one attached hydrogen (secondary N) is 1. The molecule has 3 saturated carbocycles. The summed E-state index contributed by atoms with van der Waals surface area (Å²) >= 11 is 0. The Labute approximate surface area is 140 Å². The molecule has 0 bridgehead atoms. The third-order valence-electron chi connectivity index (χ3n) is 8.07. The van der Waals surface area contributed by atoms with Crippen LogP contribution in [0.5, 0.6) is 0 Å². The van der Waals surface area contributed by atoms with Gasteiger partial charge in [0.05, 0.1) is 6.10 Å². The second kappa shape index (κ2) is 5.34. The minimum absolute atomic E-state index is 0.0967. The van der Waals surface area contributed by atoms with Crippen LogP contribution in [0, 0.1) is 28.6 Å². The topological polar surface area (TPSA) is 44.6 Å². The van der Waals surface area contributed by atoms with Gasteiger partial charge in [0.1, 0.15) is 0 Å². The summed E-state index contributed by atoms with van der Waals surface area (Å²) in [6.45, 7) is 4.98. The fourth-order valence-electron chi connectivity index (χ4n) is 6.75. The quantitative estimate of drug-likeness (QED) is 0.569. The van der Waals surface area contributed by atoms with Crippen LogP contribution in [0.2, 0.25) is 0 Å². The summed E-state index contributed by atoms with van der Waals surface area (Å²) in [5, 5.41) is 14.7. The van der Waals surface area contributed by atoms with Crippen molar-refractivity contribution in [1.82, 2.24) is 5.43 Å². The van der Waals surface area contributed by atoms with Crippen LogP contribution in [0.15, 0.2) is 16.8 Å². The molecule has 0 aromatic heterocycles. The van der Waals surface area contributed by atoms with Crippen LogP contribution in [0.4, 0.5) is 0 Å². The predicted octanol–water partition coefficient (Wildman–Crippen LogP) is 3.89. The zero-order valence-corrected chi connectivity index (χ0v) is 14.9. The summed E-state index contributed by atoms with van der Waals surface area (Å²) < 4.78 is 0. The second-order valence-electron chi connectivity index (χ2n) is 8.93. The first-order valence-corrected chi connectivity index (χ1v) is 9.60. The van der Waals surface area contributed by atoms with Crippen LogP contribution in [0.3, 0.4) is 0 Å². The van der Waals surface area contributed by atoms with Gasteiger partial charge < -0.3 is 10.5 Å². The third kappa shape index (κ3) is 2.15. The van der Waals surface area contributed by atoms with E-state index in [1.165, 1.54) is 44.2 Å².